The molecule has 27 heavy (non-hydrogen) atoms. The highest BCUT2D eigenvalue weighted by molar-refractivity contribution is 5.78. The Labute approximate surface area is 156 Å². The number of methoxy groups -OCH3 is 1. The van der Waals surface area contributed by atoms with Gasteiger partial charge in [0.05, 0.1) is 39.7 Å². The first-order chi connectivity index (χ1) is 12.7. The van der Waals surface area contributed by atoms with Gasteiger partial charge in [-0.2, -0.15) is 13.2 Å². The Hall–Kier alpha value is -2.54. The molecular weight excluding hydrogens is 357 g/mol. The summed E-state index contributed by atoms with van der Waals surface area (Å²) in [6, 6.07) is 12.4. The van der Waals surface area contributed by atoms with Crippen LogP contribution in [0.3, 0.4) is 0 Å². The third-order valence-corrected chi connectivity index (χ3v) is 4.32. The predicted molar refractivity (Wildman–Crippen MR) is 96.7 cm³/mol. The quantitative estimate of drug-likeness (QED) is 0.773. The van der Waals surface area contributed by atoms with E-state index in [1.807, 2.05) is 38.4 Å². The number of carbonyl (C=O) groups is 1. The number of hydrogen-bond donors (Lipinski definition) is 2. The minimum absolute atomic E-state index is 0.00874. The zero-order valence-corrected chi connectivity index (χ0v) is 15.6. The Balaban J connectivity index is 2.02. The van der Waals surface area contributed by atoms with Crippen LogP contribution >= 0.6 is 0 Å². The summed E-state index contributed by atoms with van der Waals surface area (Å²) >= 11 is 0. The van der Waals surface area contributed by atoms with Gasteiger partial charge in [-0.1, -0.05) is 30.3 Å². The summed E-state index contributed by atoms with van der Waals surface area (Å²) < 4.78 is 43.6. The summed E-state index contributed by atoms with van der Waals surface area (Å²) in [6.45, 7) is 0.368. The maximum Gasteiger partial charge on any atom is 0.416 e. The monoisotopic (exact) mass is 381 g/mol. The van der Waals surface area contributed by atoms with Gasteiger partial charge in [-0.3, -0.25) is 4.79 Å². The normalized spacial score (nSPS) is 12.7. The second kappa shape index (κ2) is 8.90. The van der Waals surface area contributed by atoms with Crippen LogP contribution in [0, 0.1) is 0 Å². The molecule has 0 heterocycles. The van der Waals surface area contributed by atoms with Crippen molar-refractivity contribution in [3.8, 4) is 5.75 Å². The highest BCUT2D eigenvalue weighted by Gasteiger charge is 2.30. The number of benzene rings is 2. The summed E-state index contributed by atoms with van der Waals surface area (Å²) in [5.41, 5.74) is 0.589. The van der Waals surface area contributed by atoms with Gasteiger partial charge in [-0.05, 0) is 23.8 Å². The van der Waals surface area contributed by atoms with E-state index in [2.05, 4.69) is 5.32 Å². The predicted octanol–water partition coefficient (Wildman–Crippen LogP) is 2.26. The van der Waals surface area contributed by atoms with E-state index in [1.54, 1.807) is 7.11 Å². The zero-order valence-electron chi connectivity index (χ0n) is 15.6. The molecule has 2 rings (SSSR count). The number of quaternary nitrogens is 1. The molecule has 1 amide bonds. The number of halogens is 3. The minimum Gasteiger partial charge on any atom is -0.497 e. The maximum atomic E-state index is 12.8. The number of likely N-dealkylation sites (N-methyl/N-ethyl adjacent to an activating group) is 1. The van der Waals surface area contributed by atoms with Gasteiger partial charge in [0.25, 0.3) is 0 Å². The molecule has 146 valence electrons. The smallest absolute Gasteiger partial charge is 0.416 e. The molecule has 0 aromatic heterocycles. The van der Waals surface area contributed by atoms with Crippen LogP contribution < -0.4 is 15.0 Å². The van der Waals surface area contributed by atoms with Crippen LogP contribution in [0.4, 0.5) is 13.2 Å². The van der Waals surface area contributed by atoms with Crippen LogP contribution in [-0.2, 0) is 17.4 Å². The van der Waals surface area contributed by atoms with E-state index < -0.39 is 11.7 Å². The van der Waals surface area contributed by atoms with Crippen LogP contribution in [0.25, 0.3) is 0 Å². The molecule has 0 radical (unpaired) electrons. The summed E-state index contributed by atoms with van der Waals surface area (Å²) in [6.07, 6.45) is -4.52. The second-order valence-corrected chi connectivity index (χ2v) is 6.59. The second-order valence-electron chi connectivity index (χ2n) is 6.59. The Kier molecular flexibility index (Phi) is 6.85. The van der Waals surface area contributed by atoms with Crippen molar-refractivity contribution in [1.29, 1.82) is 0 Å². The van der Waals surface area contributed by atoms with Crippen molar-refractivity contribution in [3.05, 3.63) is 65.2 Å². The molecule has 0 saturated heterocycles. The summed E-state index contributed by atoms with van der Waals surface area (Å²) in [4.78, 5) is 13.3. The lowest BCUT2D eigenvalue weighted by Crippen LogP contribution is -3.07. The molecule has 0 aliphatic rings. The topological polar surface area (TPSA) is 42.8 Å². The SMILES string of the molecule is COc1cccc([C@@H](CNC(=O)Cc2cccc(C(F)(F)F)c2)[NH+](C)C)c1. The molecule has 0 saturated carbocycles. The molecule has 7 heteroatoms. The van der Waals surface area contributed by atoms with Gasteiger partial charge in [0.1, 0.15) is 11.8 Å². The lowest BCUT2D eigenvalue weighted by molar-refractivity contribution is -0.890. The Morgan fingerprint density at radius 1 is 1.15 bits per heavy atom. The van der Waals surface area contributed by atoms with Crippen LogP contribution in [0.15, 0.2) is 48.5 Å². The summed E-state index contributed by atoms with van der Waals surface area (Å²) in [7, 11) is 5.54. The van der Waals surface area contributed by atoms with Crippen molar-refractivity contribution < 1.29 is 27.6 Å². The number of rotatable bonds is 7. The van der Waals surface area contributed by atoms with Gasteiger partial charge in [0.15, 0.2) is 0 Å². The average Bonchev–Trinajstić information content (AvgIpc) is 2.61. The highest BCUT2D eigenvalue weighted by atomic mass is 19.4. The third-order valence-electron chi connectivity index (χ3n) is 4.32. The van der Waals surface area contributed by atoms with Crippen molar-refractivity contribution in [2.45, 2.75) is 18.6 Å². The number of nitrogens with one attached hydrogen (secondary N) is 2. The molecule has 2 aromatic carbocycles. The molecule has 0 fully saturated rings. The lowest BCUT2D eigenvalue weighted by Gasteiger charge is -2.22. The number of hydrogen-bond acceptors (Lipinski definition) is 2. The Morgan fingerprint density at radius 3 is 2.48 bits per heavy atom. The van der Waals surface area contributed by atoms with Crippen LogP contribution in [0.1, 0.15) is 22.7 Å². The Morgan fingerprint density at radius 2 is 1.85 bits per heavy atom. The van der Waals surface area contributed by atoms with E-state index in [9.17, 15) is 18.0 Å². The molecule has 2 aromatic rings. The van der Waals surface area contributed by atoms with E-state index in [4.69, 9.17) is 4.74 Å². The van der Waals surface area contributed by atoms with Gasteiger partial charge < -0.3 is 15.0 Å². The average molecular weight is 381 g/mol. The molecule has 2 N–H and O–H groups in total. The fourth-order valence-corrected chi connectivity index (χ4v) is 2.83. The van der Waals surface area contributed by atoms with Crippen molar-refractivity contribution in [2.75, 3.05) is 27.7 Å². The Bertz CT molecular complexity index is 776. The lowest BCUT2D eigenvalue weighted by atomic mass is 10.0. The minimum atomic E-state index is -4.42. The van der Waals surface area contributed by atoms with E-state index >= 15 is 0 Å². The first kappa shape index (κ1) is 20.8. The van der Waals surface area contributed by atoms with Gasteiger partial charge in [-0.25, -0.2) is 0 Å². The van der Waals surface area contributed by atoms with Gasteiger partial charge in [-0.15, -0.1) is 0 Å². The third kappa shape index (κ3) is 5.99. The van der Waals surface area contributed by atoms with Gasteiger partial charge in [0, 0.05) is 5.56 Å². The maximum absolute atomic E-state index is 12.8. The molecule has 0 aliphatic carbocycles. The fourth-order valence-electron chi connectivity index (χ4n) is 2.83. The van der Waals surface area contributed by atoms with Gasteiger partial charge >= 0.3 is 6.18 Å². The number of amides is 1. The van der Waals surface area contributed by atoms with Crippen LogP contribution in [-0.4, -0.2) is 33.7 Å². The summed E-state index contributed by atoms with van der Waals surface area (Å²) in [5, 5.41) is 2.82. The van der Waals surface area contributed by atoms with Crippen molar-refractivity contribution in [1.82, 2.24) is 5.32 Å². The molecule has 0 spiro atoms. The molecular formula is C20H24F3N2O2+. The van der Waals surface area contributed by atoms with E-state index in [1.165, 1.54) is 12.1 Å². The number of ether oxygens (including phenoxy) is 1. The molecule has 0 aliphatic heterocycles. The van der Waals surface area contributed by atoms with Crippen LogP contribution in [0.2, 0.25) is 0 Å². The molecule has 0 bridgehead atoms. The highest BCUT2D eigenvalue weighted by Crippen LogP contribution is 2.29. The largest absolute Gasteiger partial charge is 0.497 e. The molecule has 4 nitrogen and oxygen atoms in total. The standard InChI is InChI=1S/C20H23F3N2O2/c1-25(2)18(15-7-5-9-17(12-15)27-3)13-24-19(26)11-14-6-4-8-16(10-14)20(21,22)23/h4-10,12,18H,11,13H2,1-3H3,(H,24,26)/p+1/t18-/m1/s1. The van der Waals surface area contributed by atoms with E-state index in [-0.39, 0.29) is 18.4 Å². The molecule has 1 atom stereocenters. The number of alkyl halides is 3. The first-order valence-electron chi connectivity index (χ1n) is 8.57. The van der Waals surface area contributed by atoms with Gasteiger partial charge in [0.2, 0.25) is 5.91 Å². The zero-order chi connectivity index (χ0) is 20.0. The number of carbonyl (C=O) groups excluding carboxylic acids is 1. The summed E-state index contributed by atoms with van der Waals surface area (Å²) in [5.74, 6) is 0.414. The molecule has 0 unspecified atom stereocenters. The first-order valence-corrected chi connectivity index (χ1v) is 8.57. The van der Waals surface area contributed by atoms with Crippen molar-refractivity contribution in [3.63, 3.8) is 0 Å². The van der Waals surface area contributed by atoms with E-state index in [0.717, 1.165) is 28.3 Å². The van der Waals surface area contributed by atoms with Crippen molar-refractivity contribution in [2.24, 2.45) is 0 Å². The fraction of sp³-hybridized carbons (Fsp3) is 0.350. The van der Waals surface area contributed by atoms with E-state index in [0.29, 0.717) is 12.1 Å². The van der Waals surface area contributed by atoms with Crippen LogP contribution in [0.5, 0.6) is 5.75 Å². The van der Waals surface area contributed by atoms with Crippen molar-refractivity contribution >= 4 is 5.91 Å².